The number of amides is 2. The van der Waals surface area contributed by atoms with Gasteiger partial charge in [-0.05, 0) is 49.7 Å². The highest BCUT2D eigenvalue weighted by Gasteiger charge is 2.67. The standard InChI is InChI=1S/C23H34F3N5O2S/c1-4-27-20(32)29-18-13-16-7-8-22(18,21(16,2)3)15-34(33)31-11-9-30(10-12-31)19-6-5-17(14-28-19)23(24,25)26/h5-6,14,16,18,33H,4,7-13,15H2,1-3H3,(H-,27,29,32)/p+1/t16-,18?,22-,34?/m1/s1. The number of pyridine rings is 1. The largest absolute Gasteiger partial charge is 0.417 e. The molecule has 3 N–H and O–H groups in total. The molecular formula is C23H35F3N5O2S+. The first-order valence-electron chi connectivity index (χ1n) is 12.0. The van der Waals surface area contributed by atoms with Gasteiger partial charge in [0.1, 0.15) is 5.82 Å². The molecule has 1 aromatic heterocycles. The minimum absolute atomic E-state index is 0.0249. The number of hydrogen-bond donors (Lipinski definition) is 3. The van der Waals surface area contributed by atoms with E-state index in [2.05, 4.69) is 33.8 Å². The van der Waals surface area contributed by atoms with Gasteiger partial charge in [-0.15, -0.1) is 0 Å². The van der Waals surface area contributed by atoms with Crippen molar-refractivity contribution in [1.29, 1.82) is 0 Å². The first-order valence-corrected chi connectivity index (χ1v) is 13.3. The molecule has 2 aliphatic carbocycles. The van der Waals surface area contributed by atoms with Crippen LogP contribution in [0.1, 0.15) is 45.6 Å². The number of rotatable bonds is 6. The molecule has 2 saturated carbocycles. The lowest BCUT2D eigenvalue weighted by Crippen LogP contribution is -2.57. The maximum atomic E-state index is 12.8. The SMILES string of the molecule is CCNC(=O)NC1C[C@H]2CC[C@]1(C[S+](O)N1CCN(c3ccc(C(F)(F)F)cn3)CC1)C2(C)C. The summed E-state index contributed by atoms with van der Waals surface area (Å²) >= 11 is -0.966. The number of halogens is 3. The number of carbonyl (C=O) groups excluding carboxylic acids is 1. The Kier molecular flexibility index (Phi) is 7.00. The molecule has 11 heteroatoms. The van der Waals surface area contributed by atoms with Gasteiger partial charge in [0.05, 0.1) is 18.7 Å². The molecule has 0 spiro atoms. The van der Waals surface area contributed by atoms with E-state index >= 15 is 0 Å². The summed E-state index contributed by atoms with van der Waals surface area (Å²) in [6.07, 6.45) is -0.481. The van der Waals surface area contributed by atoms with Gasteiger partial charge >= 0.3 is 12.2 Å². The lowest BCUT2D eigenvalue weighted by molar-refractivity contribution is -0.137. The summed E-state index contributed by atoms with van der Waals surface area (Å²) in [7, 11) is 0. The monoisotopic (exact) mass is 502 g/mol. The Morgan fingerprint density at radius 3 is 2.53 bits per heavy atom. The molecule has 7 nitrogen and oxygen atoms in total. The molecule has 34 heavy (non-hydrogen) atoms. The normalized spacial score (nSPS) is 29.8. The van der Waals surface area contributed by atoms with Gasteiger partial charge < -0.3 is 15.5 Å². The fourth-order valence-corrected chi connectivity index (χ4v) is 8.13. The van der Waals surface area contributed by atoms with Crippen molar-refractivity contribution in [3.05, 3.63) is 23.9 Å². The Balaban J connectivity index is 1.39. The average Bonchev–Trinajstić information content (AvgIpc) is 3.14. The van der Waals surface area contributed by atoms with Crippen molar-refractivity contribution in [1.82, 2.24) is 19.9 Å². The fraction of sp³-hybridized carbons (Fsp3) is 0.739. The molecule has 2 heterocycles. The fourth-order valence-electron chi connectivity index (χ4n) is 6.18. The van der Waals surface area contributed by atoms with Gasteiger partial charge in [0, 0.05) is 37.3 Å². The van der Waals surface area contributed by atoms with Crippen molar-refractivity contribution in [2.45, 2.75) is 52.3 Å². The van der Waals surface area contributed by atoms with Gasteiger partial charge in [0.25, 0.3) is 0 Å². The molecule has 1 aliphatic heterocycles. The Hall–Kier alpha value is -1.72. The number of aromatic nitrogens is 1. The Labute approximate surface area is 202 Å². The third-order valence-electron chi connectivity index (χ3n) is 8.40. The molecule has 2 unspecified atom stereocenters. The second kappa shape index (κ2) is 9.39. The van der Waals surface area contributed by atoms with E-state index in [0.29, 0.717) is 50.2 Å². The second-order valence-corrected chi connectivity index (χ2v) is 11.7. The summed E-state index contributed by atoms with van der Waals surface area (Å²) in [4.78, 5) is 18.3. The van der Waals surface area contributed by atoms with Crippen molar-refractivity contribution < 1.29 is 22.5 Å². The highest BCUT2D eigenvalue weighted by atomic mass is 32.2. The van der Waals surface area contributed by atoms with Crippen LogP contribution >= 0.6 is 0 Å². The van der Waals surface area contributed by atoms with E-state index in [-0.39, 0.29) is 22.9 Å². The van der Waals surface area contributed by atoms with Crippen LogP contribution in [0.4, 0.5) is 23.8 Å². The minimum Gasteiger partial charge on any atom is -0.354 e. The molecule has 2 bridgehead atoms. The number of anilines is 1. The van der Waals surface area contributed by atoms with Crippen LogP contribution in [0.15, 0.2) is 18.3 Å². The Morgan fingerprint density at radius 1 is 1.26 bits per heavy atom. The predicted molar refractivity (Wildman–Crippen MR) is 127 cm³/mol. The van der Waals surface area contributed by atoms with Crippen molar-refractivity contribution in [3.8, 4) is 0 Å². The smallest absolute Gasteiger partial charge is 0.354 e. The summed E-state index contributed by atoms with van der Waals surface area (Å²) in [5.41, 5.74) is -0.889. The number of urea groups is 1. The van der Waals surface area contributed by atoms with Gasteiger partial charge in [-0.2, -0.15) is 17.7 Å². The topological polar surface area (TPSA) is 80.7 Å². The number of alkyl halides is 3. The quantitative estimate of drug-likeness (QED) is 0.517. The van der Waals surface area contributed by atoms with Crippen LogP contribution in [-0.4, -0.2) is 64.4 Å². The van der Waals surface area contributed by atoms with E-state index in [0.717, 1.165) is 31.5 Å². The number of piperazine rings is 1. The molecule has 0 aromatic carbocycles. The van der Waals surface area contributed by atoms with Crippen LogP contribution in [-0.2, 0) is 17.5 Å². The van der Waals surface area contributed by atoms with Gasteiger partial charge in [-0.1, -0.05) is 18.2 Å². The van der Waals surface area contributed by atoms with E-state index in [4.69, 9.17) is 0 Å². The lowest BCUT2D eigenvalue weighted by Gasteiger charge is -2.41. The molecule has 3 fully saturated rings. The van der Waals surface area contributed by atoms with Crippen LogP contribution in [0.3, 0.4) is 0 Å². The summed E-state index contributed by atoms with van der Waals surface area (Å²) < 4.78 is 51.8. The summed E-state index contributed by atoms with van der Waals surface area (Å²) in [5, 5.41) is 6.02. The maximum Gasteiger partial charge on any atom is 0.417 e. The van der Waals surface area contributed by atoms with Gasteiger partial charge in [-0.25, -0.2) is 9.78 Å². The molecule has 1 aromatic rings. The number of nitrogens with one attached hydrogen (secondary N) is 2. The molecule has 1 saturated heterocycles. The molecule has 2 amide bonds. The van der Waals surface area contributed by atoms with Gasteiger partial charge in [0.15, 0.2) is 5.75 Å². The first-order chi connectivity index (χ1) is 16.0. The third-order valence-corrected chi connectivity index (χ3v) is 10.1. The molecule has 4 atom stereocenters. The van der Waals surface area contributed by atoms with Crippen molar-refractivity contribution in [2.24, 2.45) is 16.7 Å². The van der Waals surface area contributed by atoms with Gasteiger partial charge in [0.2, 0.25) is 11.4 Å². The zero-order chi connectivity index (χ0) is 24.7. The van der Waals surface area contributed by atoms with Crippen LogP contribution in [0.2, 0.25) is 0 Å². The predicted octanol–water partition coefficient (Wildman–Crippen LogP) is 3.74. The number of carbonyl (C=O) groups is 1. The number of fused-ring (bicyclic) bond motifs is 2. The second-order valence-electron chi connectivity index (χ2n) is 10.2. The number of nitrogens with zero attached hydrogens (tertiary/aromatic N) is 3. The number of hydrogen-bond acceptors (Lipinski definition) is 5. The molecule has 4 rings (SSSR count). The van der Waals surface area contributed by atoms with Crippen LogP contribution < -0.4 is 15.5 Å². The molecule has 190 valence electrons. The first kappa shape index (κ1) is 25.4. The van der Waals surface area contributed by atoms with E-state index < -0.39 is 23.1 Å². The Morgan fingerprint density at radius 2 is 1.97 bits per heavy atom. The maximum absolute atomic E-state index is 12.8. The molecular weight excluding hydrogens is 467 g/mol. The highest BCUT2D eigenvalue weighted by Crippen LogP contribution is 2.66. The van der Waals surface area contributed by atoms with Crippen molar-refractivity contribution in [2.75, 3.05) is 43.4 Å². The molecule has 0 radical (unpaired) electrons. The van der Waals surface area contributed by atoms with E-state index in [1.807, 2.05) is 11.8 Å². The lowest BCUT2D eigenvalue weighted by atomic mass is 9.69. The summed E-state index contributed by atoms with van der Waals surface area (Å²) in [6, 6.07) is 2.36. The zero-order valence-electron chi connectivity index (χ0n) is 20.0. The van der Waals surface area contributed by atoms with Crippen LogP contribution in [0.25, 0.3) is 0 Å². The highest BCUT2D eigenvalue weighted by molar-refractivity contribution is 7.89. The van der Waals surface area contributed by atoms with Crippen LogP contribution in [0.5, 0.6) is 0 Å². The third kappa shape index (κ3) is 4.58. The van der Waals surface area contributed by atoms with Crippen LogP contribution in [0, 0.1) is 16.7 Å². The van der Waals surface area contributed by atoms with E-state index in [1.165, 1.54) is 6.07 Å². The van der Waals surface area contributed by atoms with Crippen molar-refractivity contribution in [3.63, 3.8) is 0 Å². The zero-order valence-corrected chi connectivity index (χ0v) is 20.8. The van der Waals surface area contributed by atoms with E-state index in [9.17, 15) is 22.5 Å². The average molecular weight is 503 g/mol. The van der Waals surface area contributed by atoms with Crippen molar-refractivity contribution >= 4 is 23.2 Å². The Bertz CT molecular complexity index is 876. The van der Waals surface area contributed by atoms with E-state index in [1.54, 1.807) is 0 Å². The summed E-state index contributed by atoms with van der Waals surface area (Å²) in [6.45, 7) is 9.40. The summed E-state index contributed by atoms with van der Waals surface area (Å²) in [5.74, 6) is 1.66. The molecule has 3 aliphatic rings. The van der Waals surface area contributed by atoms with Gasteiger partial charge in [-0.3, -0.25) is 0 Å². The minimum atomic E-state index is -4.40.